The molecule has 1 aliphatic heterocycles. The number of pyridine rings is 1. The highest BCUT2D eigenvalue weighted by molar-refractivity contribution is 5.85. The minimum Gasteiger partial charge on any atom is -0.368 e. The van der Waals surface area contributed by atoms with Gasteiger partial charge in [0.05, 0.1) is 11.8 Å². The molecule has 0 spiro atoms. The number of aromatic nitrogens is 3. The number of rotatable bonds is 4. The van der Waals surface area contributed by atoms with E-state index in [1.54, 1.807) is 0 Å². The van der Waals surface area contributed by atoms with E-state index in [1.807, 2.05) is 30.2 Å². The van der Waals surface area contributed by atoms with Crippen molar-refractivity contribution in [2.45, 2.75) is 12.8 Å². The third-order valence-corrected chi connectivity index (χ3v) is 3.54. The molecule has 0 amide bonds. The lowest BCUT2D eigenvalue weighted by Gasteiger charge is -2.14. The van der Waals surface area contributed by atoms with Crippen molar-refractivity contribution in [3.05, 3.63) is 30.2 Å². The zero-order valence-corrected chi connectivity index (χ0v) is 11.2. The first-order valence-corrected chi connectivity index (χ1v) is 6.73. The quantitative estimate of drug-likeness (QED) is 0.818. The number of anilines is 1. The summed E-state index contributed by atoms with van der Waals surface area (Å²) in [5.41, 5.74) is 3.59. The smallest absolute Gasteiger partial charge is 0.154 e. The van der Waals surface area contributed by atoms with Crippen LogP contribution >= 0.6 is 0 Å². The molecule has 2 N–H and O–H groups in total. The van der Waals surface area contributed by atoms with Crippen LogP contribution in [0.5, 0.6) is 0 Å². The van der Waals surface area contributed by atoms with Gasteiger partial charge in [0.2, 0.25) is 0 Å². The van der Waals surface area contributed by atoms with Crippen LogP contribution in [0.3, 0.4) is 0 Å². The Bertz CT molecular complexity index is 599. The average Bonchev–Trinajstić information content (AvgIpc) is 2.83. The number of nitrogens with zero attached hydrogens (tertiary/aromatic N) is 3. The minimum atomic E-state index is 0.882. The van der Waals surface area contributed by atoms with E-state index in [0.717, 1.165) is 49.3 Å². The molecule has 2 aromatic rings. The Morgan fingerprint density at radius 2 is 2.37 bits per heavy atom. The van der Waals surface area contributed by atoms with Crippen molar-refractivity contribution >= 4 is 16.9 Å². The van der Waals surface area contributed by atoms with Gasteiger partial charge >= 0.3 is 0 Å². The Morgan fingerprint density at radius 1 is 1.42 bits per heavy atom. The van der Waals surface area contributed by atoms with Gasteiger partial charge in [0.25, 0.3) is 0 Å². The molecule has 3 rings (SSSR count). The van der Waals surface area contributed by atoms with E-state index in [4.69, 9.17) is 0 Å². The molecule has 0 saturated carbocycles. The summed E-state index contributed by atoms with van der Waals surface area (Å²) in [6, 6.07) is 1.99. The van der Waals surface area contributed by atoms with Gasteiger partial charge in [-0.1, -0.05) is 11.6 Å². The fourth-order valence-electron chi connectivity index (χ4n) is 2.43. The zero-order valence-electron chi connectivity index (χ0n) is 11.2. The summed E-state index contributed by atoms with van der Waals surface area (Å²) in [7, 11) is 2.00. The van der Waals surface area contributed by atoms with Crippen LogP contribution < -0.4 is 10.6 Å². The van der Waals surface area contributed by atoms with Gasteiger partial charge < -0.3 is 15.2 Å². The molecule has 0 atom stereocenters. The molecule has 100 valence electrons. The highest BCUT2D eigenvalue weighted by Gasteiger charge is 2.07. The molecule has 2 aromatic heterocycles. The third kappa shape index (κ3) is 2.61. The predicted octanol–water partition coefficient (Wildman–Crippen LogP) is 1.69. The first kappa shape index (κ1) is 12.2. The van der Waals surface area contributed by atoms with Gasteiger partial charge in [-0.05, 0) is 25.5 Å². The molecule has 5 nitrogen and oxygen atoms in total. The molecule has 0 unspecified atom stereocenters. The molecular formula is C14H19N5. The van der Waals surface area contributed by atoms with Crippen LogP contribution in [0, 0.1) is 0 Å². The Hall–Kier alpha value is -1.88. The second-order valence-electron chi connectivity index (χ2n) is 4.88. The monoisotopic (exact) mass is 257 g/mol. The van der Waals surface area contributed by atoms with E-state index in [2.05, 4.69) is 26.7 Å². The van der Waals surface area contributed by atoms with E-state index >= 15 is 0 Å². The van der Waals surface area contributed by atoms with Gasteiger partial charge in [-0.2, -0.15) is 0 Å². The number of nitrogens with one attached hydrogen (secondary N) is 2. The first-order chi connectivity index (χ1) is 9.34. The Labute approximate surface area is 112 Å². The lowest BCUT2D eigenvalue weighted by atomic mass is 10.1. The van der Waals surface area contributed by atoms with E-state index < -0.39 is 0 Å². The molecule has 0 aliphatic carbocycles. The largest absolute Gasteiger partial charge is 0.368 e. The zero-order chi connectivity index (χ0) is 13.1. The van der Waals surface area contributed by atoms with Gasteiger partial charge in [-0.3, -0.25) is 0 Å². The highest BCUT2D eigenvalue weighted by atomic mass is 15.1. The van der Waals surface area contributed by atoms with E-state index in [9.17, 15) is 0 Å². The summed E-state index contributed by atoms with van der Waals surface area (Å²) in [6.45, 7) is 3.01. The van der Waals surface area contributed by atoms with Crippen molar-refractivity contribution in [2.75, 3.05) is 25.0 Å². The second-order valence-corrected chi connectivity index (χ2v) is 4.88. The molecule has 3 heterocycles. The molecule has 1 aliphatic rings. The van der Waals surface area contributed by atoms with Gasteiger partial charge in [0.1, 0.15) is 5.52 Å². The van der Waals surface area contributed by atoms with Crippen molar-refractivity contribution < 1.29 is 0 Å². The summed E-state index contributed by atoms with van der Waals surface area (Å²) in [4.78, 5) is 8.78. The fraction of sp³-hybridized carbons (Fsp3) is 0.429. The van der Waals surface area contributed by atoms with Crippen LogP contribution in [-0.4, -0.2) is 34.2 Å². The second kappa shape index (κ2) is 5.40. The van der Waals surface area contributed by atoms with Crippen molar-refractivity contribution in [1.29, 1.82) is 0 Å². The summed E-state index contributed by atoms with van der Waals surface area (Å²) in [6.07, 6.45) is 8.18. The van der Waals surface area contributed by atoms with E-state index in [1.165, 1.54) is 5.57 Å². The van der Waals surface area contributed by atoms with E-state index in [0.29, 0.717) is 0 Å². The summed E-state index contributed by atoms with van der Waals surface area (Å²) < 4.78 is 2.01. The maximum atomic E-state index is 4.40. The maximum absolute atomic E-state index is 4.40. The van der Waals surface area contributed by atoms with Gasteiger partial charge in [-0.25, -0.2) is 9.97 Å². The number of hydrogen-bond acceptors (Lipinski definition) is 4. The third-order valence-electron chi connectivity index (χ3n) is 3.54. The minimum absolute atomic E-state index is 0.882. The van der Waals surface area contributed by atoms with Crippen LogP contribution in [0.1, 0.15) is 12.8 Å². The van der Waals surface area contributed by atoms with Crippen LogP contribution in [-0.2, 0) is 7.05 Å². The van der Waals surface area contributed by atoms with Gasteiger partial charge in [0, 0.05) is 26.3 Å². The average molecular weight is 257 g/mol. The number of aryl methyl sites for hydroxylation is 1. The molecule has 0 radical (unpaired) electrons. The number of fused-ring (bicyclic) bond motifs is 1. The van der Waals surface area contributed by atoms with Crippen molar-refractivity contribution in [3.8, 4) is 0 Å². The molecule has 0 aromatic carbocycles. The topological polar surface area (TPSA) is 54.8 Å². The lowest BCUT2D eigenvalue weighted by Crippen LogP contribution is -2.21. The molecule has 0 saturated heterocycles. The number of hydrogen-bond donors (Lipinski definition) is 2. The fourth-order valence-corrected chi connectivity index (χ4v) is 2.43. The van der Waals surface area contributed by atoms with Crippen molar-refractivity contribution in [1.82, 2.24) is 19.9 Å². The molecule has 19 heavy (non-hydrogen) atoms. The van der Waals surface area contributed by atoms with Crippen molar-refractivity contribution in [2.24, 2.45) is 7.05 Å². The normalized spacial score (nSPS) is 15.5. The lowest BCUT2D eigenvalue weighted by molar-refractivity contribution is 0.683. The predicted molar refractivity (Wildman–Crippen MR) is 77.2 cm³/mol. The Balaban J connectivity index is 1.66. The van der Waals surface area contributed by atoms with Crippen molar-refractivity contribution in [3.63, 3.8) is 0 Å². The summed E-state index contributed by atoms with van der Waals surface area (Å²) in [5.74, 6) is 0.882. The standard InChI is InChI=1S/C14H19N5/c1-19-10-18-13-12(19)5-9-17-14(13)16-8-4-11-2-6-15-7-3-11/h2,5,9-10,15H,3-4,6-8H2,1H3,(H,16,17). The SMILES string of the molecule is Cn1cnc2c(NCCC3=CCNCC3)nccc21. The van der Waals surface area contributed by atoms with Crippen LogP contribution in [0.2, 0.25) is 0 Å². The van der Waals surface area contributed by atoms with Gasteiger partial charge in [-0.15, -0.1) is 0 Å². The van der Waals surface area contributed by atoms with Crippen LogP contribution in [0.4, 0.5) is 5.82 Å². The first-order valence-electron chi connectivity index (χ1n) is 6.73. The summed E-state index contributed by atoms with van der Waals surface area (Å²) in [5, 5.41) is 6.73. The van der Waals surface area contributed by atoms with Gasteiger partial charge in [0.15, 0.2) is 5.82 Å². The Kier molecular flexibility index (Phi) is 3.46. The molecular weight excluding hydrogens is 238 g/mol. The highest BCUT2D eigenvalue weighted by Crippen LogP contribution is 2.19. The summed E-state index contributed by atoms with van der Waals surface area (Å²) >= 11 is 0. The number of imidazole rings is 1. The van der Waals surface area contributed by atoms with Crippen LogP contribution in [0.15, 0.2) is 30.2 Å². The Morgan fingerprint density at radius 3 is 3.21 bits per heavy atom. The maximum Gasteiger partial charge on any atom is 0.154 e. The molecule has 0 bridgehead atoms. The molecule has 5 heteroatoms. The van der Waals surface area contributed by atoms with E-state index in [-0.39, 0.29) is 0 Å². The molecule has 0 fully saturated rings. The van der Waals surface area contributed by atoms with Crippen LogP contribution in [0.25, 0.3) is 11.0 Å².